The van der Waals surface area contributed by atoms with Crippen LogP contribution in [0.3, 0.4) is 0 Å². The summed E-state index contributed by atoms with van der Waals surface area (Å²) in [6.07, 6.45) is -8.83. The molecule has 176 valence electrons. The van der Waals surface area contributed by atoms with Crippen LogP contribution in [0.2, 0.25) is 0 Å². The molecule has 4 aliphatic rings. The summed E-state index contributed by atoms with van der Waals surface area (Å²) in [4.78, 5) is 24.5. The van der Waals surface area contributed by atoms with E-state index < -0.39 is 62.9 Å². The number of hydrogen-bond acceptors (Lipinski definition) is 7. The lowest BCUT2D eigenvalue weighted by Gasteiger charge is -2.58. The Hall–Kier alpha value is -1.76. The van der Waals surface area contributed by atoms with Gasteiger partial charge < -0.3 is 14.0 Å². The average molecular weight is 475 g/mol. The van der Waals surface area contributed by atoms with Crippen molar-refractivity contribution in [1.29, 1.82) is 0 Å². The number of alkyl halides is 5. The first kappa shape index (κ1) is 23.9. The van der Waals surface area contributed by atoms with Gasteiger partial charge in [-0.3, -0.25) is 4.79 Å². The van der Waals surface area contributed by atoms with Crippen LogP contribution in [0, 0.1) is 23.7 Å². The van der Waals surface area contributed by atoms with E-state index in [1.807, 2.05) is 0 Å². The second-order valence-corrected chi connectivity index (χ2v) is 10.2. The summed E-state index contributed by atoms with van der Waals surface area (Å²) in [5, 5.41) is -5.88. The molecular weight excluding hydrogens is 455 g/mol. The Morgan fingerprint density at radius 3 is 2.03 bits per heavy atom. The smallest absolute Gasteiger partial charge is 0.432 e. The van der Waals surface area contributed by atoms with Crippen molar-refractivity contribution in [3.05, 3.63) is 12.2 Å². The quantitative estimate of drug-likeness (QED) is 0.251. The number of rotatable bonds is 6. The zero-order chi connectivity index (χ0) is 23.6. The minimum atomic E-state index is -6.76. The molecule has 0 radical (unpaired) electrons. The Labute approximate surface area is 174 Å². The van der Waals surface area contributed by atoms with Crippen LogP contribution in [-0.2, 0) is 29.2 Å². The number of carbonyl (C=O) groups is 2. The molecule has 0 amide bonds. The van der Waals surface area contributed by atoms with Crippen molar-refractivity contribution in [1.82, 2.24) is 0 Å². The maximum Gasteiger partial charge on any atom is 0.432 e. The molecule has 4 aliphatic carbocycles. The lowest BCUT2D eigenvalue weighted by Crippen LogP contribution is -2.59. The minimum Gasteiger partial charge on any atom is -0.743 e. The van der Waals surface area contributed by atoms with E-state index in [-0.39, 0.29) is 24.3 Å². The molecular formula is C18H20F5O7S-. The lowest BCUT2D eigenvalue weighted by atomic mass is 9.50. The Morgan fingerprint density at radius 1 is 1.10 bits per heavy atom. The van der Waals surface area contributed by atoms with Gasteiger partial charge in [0.05, 0.1) is 5.92 Å². The van der Waals surface area contributed by atoms with E-state index >= 15 is 0 Å². The largest absolute Gasteiger partial charge is 0.743 e. The standard InChI is InChI=1S/C18H21F5O7S/c1-8(2)13(24)30-16-5-9-3-10(6-16)12(11(4-9)7-16)14(25)29-15(17(19,20)21)18(22,23)31(26,27)28/h9-12,15H,1,3-7H2,2H3,(H,26,27,28)/p-1. The van der Waals surface area contributed by atoms with Crippen molar-refractivity contribution < 1.29 is 54.0 Å². The Morgan fingerprint density at radius 2 is 1.61 bits per heavy atom. The highest BCUT2D eigenvalue weighted by Crippen LogP contribution is 2.60. The van der Waals surface area contributed by atoms with Gasteiger partial charge in [0.1, 0.15) is 5.60 Å². The third-order valence-electron chi connectivity index (χ3n) is 6.32. The predicted molar refractivity (Wildman–Crippen MR) is 91.3 cm³/mol. The molecule has 0 heterocycles. The highest BCUT2D eigenvalue weighted by atomic mass is 32.2. The van der Waals surface area contributed by atoms with E-state index in [1.165, 1.54) is 6.92 Å². The van der Waals surface area contributed by atoms with Gasteiger partial charge in [0.15, 0.2) is 10.1 Å². The normalized spacial score (nSPS) is 33.6. The van der Waals surface area contributed by atoms with Crippen LogP contribution in [0.25, 0.3) is 0 Å². The van der Waals surface area contributed by atoms with Crippen molar-refractivity contribution in [3.8, 4) is 0 Å². The van der Waals surface area contributed by atoms with E-state index in [2.05, 4.69) is 11.3 Å². The van der Waals surface area contributed by atoms with Gasteiger partial charge >= 0.3 is 23.4 Å². The van der Waals surface area contributed by atoms with E-state index in [0.717, 1.165) is 0 Å². The molecule has 0 saturated heterocycles. The van der Waals surface area contributed by atoms with E-state index in [9.17, 15) is 44.5 Å². The van der Waals surface area contributed by atoms with Gasteiger partial charge in [0.25, 0.3) is 6.10 Å². The summed E-state index contributed by atoms with van der Waals surface area (Å²) >= 11 is 0. The number of halogens is 5. The summed E-state index contributed by atoms with van der Waals surface area (Å²) in [6, 6.07) is 0. The molecule has 4 bridgehead atoms. The lowest BCUT2D eigenvalue weighted by molar-refractivity contribution is -0.265. The van der Waals surface area contributed by atoms with Crippen LogP contribution < -0.4 is 0 Å². The maximum atomic E-state index is 13.7. The van der Waals surface area contributed by atoms with Crippen molar-refractivity contribution in [2.75, 3.05) is 0 Å². The van der Waals surface area contributed by atoms with Gasteiger partial charge in [0, 0.05) is 5.57 Å². The molecule has 0 aromatic heterocycles. The molecule has 0 N–H and O–H groups in total. The average Bonchev–Trinajstić information content (AvgIpc) is 2.56. The zero-order valence-electron chi connectivity index (χ0n) is 16.3. The minimum absolute atomic E-state index is 0.0290. The van der Waals surface area contributed by atoms with Crippen molar-refractivity contribution in [2.24, 2.45) is 23.7 Å². The SMILES string of the molecule is C=C(C)C(=O)OC12CC3CC(C1)C(C(=O)OC(C(F)(F)F)C(F)(F)S(=O)(=O)[O-])C(C3)C2. The predicted octanol–water partition coefficient (Wildman–Crippen LogP) is 2.91. The van der Waals surface area contributed by atoms with Gasteiger partial charge in [0.2, 0.25) is 0 Å². The summed E-state index contributed by atoms with van der Waals surface area (Å²) < 4.78 is 108. The molecule has 0 spiro atoms. The molecule has 0 aliphatic heterocycles. The van der Waals surface area contributed by atoms with Crippen molar-refractivity contribution >= 4 is 22.1 Å². The fraction of sp³-hybridized carbons (Fsp3) is 0.778. The molecule has 4 rings (SSSR count). The third-order valence-corrected chi connectivity index (χ3v) is 7.20. The molecule has 3 atom stereocenters. The molecule has 0 aromatic carbocycles. The Kier molecular flexibility index (Phi) is 5.70. The summed E-state index contributed by atoms with van der Waals surface area (Å²) in [5.41, 5.74) is -0.768. The van der Waals surface area contributed by atoms with Crippen molar-refractivity contribution in [2.45, 2.75) is 62.2 Å². The fourth-order valence-corrected chi connectivity index (χ4v) is 5.84. The molecule has 0 aromatic rings. The second kappa shape index (κ2) is 7.39. The Bertz CT molecular complexity index is 881. The van der Waals surface area contributed by atoms with E-state index in [4.69, 9.17) is 4.74 Å². The van der Waals surface area contributed by atoms with Crippen LogP contribution in [0.4, 0.5) is 22.0 Å². The summed E-state index contributed by atoms with van der Waals surface area (Å²) in [7, 11) is -6.76. The topological polar surface area (TPSA) is 110 Å². The van der Waals surface area contributed by atoms with Crippen molar-refractivity contribution in [3.63, 3.8) is 0 Å². The number of carbonyl (C=O) groups excluding carboxylic acids is 2. The van der Waals surface area contributed by atoms with Gasteiger partial charge in [-0.2, -0.15) is 22.0 Å². The molecule has 7 nitrogen and oxygen atoms in total. The van der Waals surface area contributed by atoms with Gasteiger partial charge in [-0.15, -0.1) is 0 Å². The van der Waals surface area contributed by atoms with Crippen LogP contribution in [0.1, 0.15) is 39.0 Å². The van der Waals surface area contributed by atoms with Gasteiger partial charge in [-0.1, -0.05) is 6.58 Å². The second-order valence-electron chi connectivity index (χ2n) is 8.72. The van der Waals surface area contributed by atoms with Gasteiger partial charge in [-0.25, -0.2) is 13.2 Å². The zero-order valence-corrected chi connectivity index (χ0v) is 17.1. The third kappa shape index (κ3) is 4.30. The first-order chi connectivity index (χ1) is 14.0. The molecule has 4 saturated carbocycles. The van der Waals surface area contributed by atoms with Crippen LogP contribution in [-0.4, -0.2) is 48.0 Å². The number of esters is 2. The summed E-state index contributed by atoms with van der Waals surface area (Å²) in [5.74, 6) is -4.64. The van der Waals surface area contributed by atoms with E-state index in [1.54, 1.807) is 0 Å². The Balaban J connectivity index is 1.82. The molecule has 3 unspecified atom stereocenters. The highest BCUT2D eigenvalue weighted by molar-refractivity contribution is 7.86. The first-order valence-electron chi connectivity index (χ1n) is 9.46. The van der Waals surface area contributed by atoms with Gasteiger partial charge in [-0.05, 0) is 56.8 Å². The maximum absolute atomic E-state index is 13.7. The molecule has 31 heavy (non-hydrogen) atoms. The van der Waals surface area contributed by atoms with Crippen LogP contribution in [0.15, 0.2) is 12.2 Å². The van der Waals surface area contributed by atoms with Crippen LogP contribution >= 0.6 is 0 Å². The van der Waals surface area contributed by atoms with Crippen LogP contribution in [0.5, 0.6) is 0 Å². The number of ether oxygens (including phenoxy) is 2. The fourth-order valence-electron chi connectivity index (χ4n) is 5.40. The highest BCUT2D eigenvalue weighted by Gasteiger charge is 2.65. The summed E-state index contributed by atoms with van der Waals surface area (Å²) in [6.45, 7) is 4.94. The monoisotopic (exact) mass is 475 g/mol. The number of hydrogen-bond donors (Lipinski definition) is 0. The first-order valence-corrected chi connectivity index (χ1v) is 10.9. The molecule has 13 heteroatoms. The van der Waals surface area contributed by atoms with E-state index in [0.29, 0.717) is 19.3 Å². The molecule has 4 fully saturated rings.